The molecule has 0 saturated carbocycles. The molecule has 1 N–H and O–H groups in total. The highest BCUT2D eigenvalue weighted by molar-refractivity contribution is 5.89. The van der Waals surface area contributed by atoms with E-state index in [2.05, 4.69) is 53.9 Å². The smallest absolute Gasteiger partial charge is 0.335 e. The van der Waals surface area contributed by atoms with Gasteiger partial charge in [-0.1, -0.05) is 104 Å². The van der Waals surface area contributed by atoms with Crippen LogP contribution in [0.25, 0.3) is 111 Å². The summed E-state index contributed by atoms with van der Waals surface area (Å²) in [5.74, 6) is 0.443. The highest BCUT2D eigenvalue weighted by Crippen LogP contribution is 2.32. The summed E-state index contributed by atoms with van der Waals surface area (Å²) < 4.78 is 34.4. The van der Waals surface area contributed by atoms with Gasteiger partial charge < -0.3 is 51.3 Å². The van der Waals surface area contributed by atoms with Crippen LogP contribution in [0.4, 0.5) is 0 Å². The number of para-hydroxylation sites is 10. The molecule has 0 aliphatic heterocycles. The molecule has 542 valence electrons. The quantitative estimate of drug-likeness (QED) is 0.0940. The second-order valence-electron chi connectivity index (χ2n) is 23.8. The Bertz CT molecular complexity index is 6030. The monoisotopic (exact) mass is 1430 g/mol. The number of carboxylic acid groups (broad SMARTS) is 1. The summed E-state index contributed by atoms with van der Waals surface area (Å²) in [6.45, 7) is 14.8. The fourth-order valence-electron chi connectivity index (χ4n) is 12.3. The molecule has 24 nitrogen and oxygen atoms in total. The first-order valence-electron chi connectivity index (χ1n) is 34.7. The van der Waals surface area contributed by atoms with Crippen LogP contribution in [0, 0.1) is 0 Å². The fourth-order valence-corrected chi connectivity index (χ4v) is 12.3. The fraction of sp³-hybridized carbons (Fsp3) is 0.193. The summed E-state index contributed by atoms with van der Waals surface area (Å²) in [7, 11) is 6.09. The lowest BCUT2D eigenvalue weighted by molar-refractivity contribution is 0.0696. The van der Waals surface area contributed by atoms with Gasteiger partial charge in [0.05, 0.1) is 107 Å². The van der Waals surface area contributed by atoms with Crippen LogP contribution in [0.15, 0.2) is 241 Å². The third-order valence-corrected chi connectivity index (χ3v) is 17.7. The summed E-state index contributed by atoms with van der Waals surface area (Å²) in [5, 5.41) is 8.94. The molecule has 0 unspecified atom stereocenters. The summed E-state index contributed by atoms with van der Waals surface area (Å²) in [6.07, 6.45) is 5.56. The van der Waals surface area contributed by atoms with Gasteiger partial charge in [0, 0.05) is 61.2 Å². The maximum absolute atomic E-state index is 12.8. The minimum atomic E-state index is -0.996. The van der Waals surface area contributed by atoms with Crippen LogP contribution in [0.2, 0.25) is 0 Å². The van der Waals surface area contributed by atoms with Gasteiger partial charge in [0.25, 0.3) is 27.8 Å². The Morgan fingerprint density at radius 2 is 0.738 bits per heavy atom. The average Bonchev–Trinajstić information content (AvgIpc) is 0.826. The highest BCUT2D eigenvalue weighted by atomic mass is 16.5. The zero-order valence-corrected chi connectivity index (χ0v) is 60.8. The number of carbonyl (C=O) groups is 1. The normalized spacial score (nSPS) is 10.8. The van der Waals surface area contributed by atoms with Gasteiger partial charge >= 0.3 is 12.0 Å². The number of ether oxygens (including phenoxy) is 4. The zero-order chi connectivity index (χ0) is 75.8. The van der Waals surface area contributed by atoms with Crippen molar-refractivity contribution in [3.05, 3.63) is 276 Å². The van der Waals surface area contributed by atoms with E-state index >= 15 is 0 Å². The second kappa shape index (κ2) is 34.2. The number of furan rings is 1. The van der Waals surface area contributed by atoms with E-state index in [1.165, 1.54) is 38.1 Å². The highest BCUT2D eigenvalue weighted by Gasteiger charge is 2.21. The first-order chi connectivity index (χ1) is 52.0. The SMILES string of the molecule is CCc1ccc(-c2nc3ccccc3n(CC)c2=O)cc1.CCn1c(=O)c(-c2ccc(C(=O)O)cc2)nc2ccccc21.CCn1c(=O)c(-c2ccc(OC)c(OC)c2)nc2ccccc21.CCn1c(=O)c(-c2ccoc2)nc2ccccc21.CCn1c(=O)c(-c2cnc(OC)nc2OC)nc2ccccc21. The molecular weight excluding hydrogens is 1360 g/mol. The number of carboxylic acids is 1. The zero-order valence-electron chi connectivity index (χ0n) is 60.8. The first-order valence-corrected chi connectivity index (χ1v) is 34.7. The summed E-state index contributed by atoms with van der Waals surface area (Å²) in [5.41, 5.74) is 14.2. The number of aromatic carboxylic acids is 1. The molecule has 15 aromatic rings. The van der Waals surface area contributed by atoms with Crippen LogP contribution in [0.1, 0.15) is 57.5 Å². The minimum Gasteiger partial charge on any atom is -0.493 e. The van der Waals surface area contributed by atoms with Gasteiger partial charge in [-0.2, -0.15) is 4.98 Å². The van der Waals surface area contributed by atoms with Gasteiger partial charge in [0.15, 0.2) is 11.5 Å². The largest absolute Gasteiger partial charge is 0.493 e. The molecule has 0 spiro atoms. The van der Waals surface area contributed by atoms with Gasteiger partial charge in [-0.15, -0.1) is 0 Å². The van der Waals surface area contributed by atoms with Crippen molar-refractivity contribution < 1.29 is 33.3 Å². The first kappa shape index (κ1) is 74.7. The predicted molar refractivity (Wildman–Crippen MR) is 416 cm³/mol. The van der Waals surface area contributed by atoms with Crippen LogP contribution in [0.5, 0.6) is 23.4 Å². The third-order valence-electron chi connectivity index (χ3n) is 17.7. The number of methoxy groups -OCH3 is 4. The molecule has 7 heterocycles. The topological polar surface area (TPSA) is 288 Å². The Kier molecular flexibility index (Phi) is 23.9. The lowest BCUT2D eigenvalue weighted by Gasteiger charge is -2.12. The van der Waals surface area contributed by atoms with Crippen LogP contribution < -0.4 is 46.7 Å². The lowest BCUT2D eigenvalue weighted by atomic mass is 10.1. The van der Waals surface area contributed by atoms with E-state index in [-0.39, 0.29) is 50.9 Å². The Morgan fingerprint density at radius 1 is 0.383 bits per heavy atom. The second-order valence-corrected chi connectivity index (χ2v) is 23.8. The molecule has 0 saturated heterocycles. The third kappa shape index (κ3) is 15.9. The Labute approximate surface area is 613 Å². The van der Waals surface area contributed by atoms with Crippen molar-refractivity contribution in [2.75, 3.05) is 28.4 Å². The number of fused-ring (bicyclic) bond motifs is 5. The molecule has 0 amide bonds. The van der Waals surface area contributed by atoms with E-state index in [1.54, 1.807) is 79.9 Å². The standard InChI is InChI=1S/C18H18N2O3.C18H18N2O.C17H14N2O3.C16H16N4O3.C14H12N2O2/c1-4-20-14-8-6-5-7-13(14)19-17(18(20)21)12-9-10-15(22-2)16(11-12)23-3;1-3-13-9-11-14(12-10-13)17-18(21)20(4-2)16-8-6-5-7-15(16)19-17;1-2-19-14-6-4-3-5-13(14)18-15(16(19)20)11-7-9-12(10-8-11)17(21)22;1-4-20-12-8-6-5-7-11(12)18-13(15(20)21)10-9-17-16(23-3)19-14(10)22-2;1-2-16-12-6-4-3-5-11(12)15-13(14(16)17)10-7-8-18-9-10/h5-11H,4H2,1-3H3;5-12H,3-4H2,1-2H3;3-10H,2H2,1H3,(H,21,22);5-9H,4H2,1-3H3;3-9H,2H2,1H3. The number of aromatic nitrogens is 12. The maximum Gasteiger partial charge on any atom is 0.335 e. The van der Waals surface area contributed by atoms with Crippen molar-refractivity contribution in [1.29, 1.82) is 0 Å². The number of rotatable bonds is 16. The van der Waals surface area contributed by atoms with Crippen molar-refractivity contribution in [1.82, 2.24) is 57.7 Å². The molecule has 0 radical (unpaired) electrons. The molecule has 0 atom stereocenters. The molecule has 0 fully saturated rings. The van der Waals surface area contributed by atoms with Crippen LogP contribution in [0.3, 0.4) is 0 Å². The van der Waals surface area contributed by atoms with Gasteiger partial charge in [-0.05, 0) is 144 Å². The minimum absolute atomic E-state index is 0.0274. The van der Waals surface area contributed by atoms with Gasteiger partial charge in [0.2, 0.25) is 5.88 Å². The van der Waals surface area contributed by atoms with Gasteiger partial charge in [-0.3, -0.25) is 24.0 Å². The number of hydrogen-bond donors (Lipinski definition) is 1. The molecule has 7 aromatic heterocycles. The van der Waals surface area contributed by atoms with E-state index < -0.39 is 5.97 Å². The van der Waals surface area contributed by atoms with E-state index in [0.29, 0.717) is 89.3 Å². The summed E-state index contributed by atoms with van der Waals surface area (Å²) in [6, 6.07) is 59.6. The van der Waals surface area contributed by atoms with E-state index in [9.17, 15) is 28.8 Å². The average molecular weight is 1440 g/mol. The van der Waals surface area contributed by atoms with Crippen molar-refractivity contribution in [2.24, 2.45) is 0 Å². The van der Waals surface area contributed by atoms with Crippen molar-refractivity contribution in [3.63, 3.8) is 0 Å². The Hall–Kier alpha value is -13.5. The van der Waals surface area contributed by atoms with Gasteiger partial charge in [-0.25, -0.2) is 34.7 Å². The van der Waals surface area contributed by atoms with Crippen molar-refractivity contribution in [2.45, 2.75) is 80.7 Å². The van der Waals surface area contributed by atoms with E-state index in [4.69, 9.17) is 28.5 Å². The van der Waals surface area contributed by atoms with Gasteiger partial charge in [0.1, 0.15) is 28.5 Å². The summed E-state index contributed by atoms with van der Waals surface area (Å²) in [4.78, 5) is 105. The summed E-state index contributed by atoms with van der Waals surface area (Å²) >= 11 is 0. The molecule has 24 heteroatoms. The molecular formula is C83H78N12O12. The van der Waals surface area contributed by atoms with Crippen LogP contribution >= 0.6 is 0 Å². The molecule has 0 bridgehead atoms. The van der Waals surface area contributed by atoms with Crippen LogP contribution in [-0.4, -0.2) is 97.2 Å². The number of nitrogens with zero attached hydrogens (tertiary/aromatic N) is 12. The Morgan fingerprint density at radius 3 is 1.08 bits per heavy atom. The maximum atomic E-state index is 12.8. The van der Waals surface area contributed by atoms with Crippen molar-refractivity contribution >= 4 is 61.1 Å². The Balaban J connectivity index is 0.000000134. The van der Waals surface area contributed by atoms with Crippen molar-refractivity contribution in [3.8, 4) is 79.7 Å². The number of hydrogen-bond acceptors (Lipinski definition) is 18. The molecule has 8 aromatic carbocycles. The van der Waals surface area contributed by atoms with Crippen LogP contribution in [-0.2, 0) is 39.1 Å². The molecule has 15 rings (SSSR count). The molecule has 0 aliphatic carbocycles. The number of benzene rings is 8. The van der Waals surface area contributed by atoms with E-state index in [0.717, 1.165) is 67.2 Å². The predicted octanol–water partition coefficient (Wildman–Crippen LogP) is 14.1. The molecule has 0 aliphatic rings. The van der Waals surface area contributed by atoms with E-state index in [1.807, 2.05) is 174 Å². The number of aryl methyl sites for hydroxylation is 6. The lowest BCUT2D eigenvalue weighted by Crippen LogP contribution is -2.23. The molecule has 107 heavy (non-hydrogen) atoms.